The van der Waals surface area contributed by atoms with Crippen LogP contribution in [0.3, 0.4) is 0 Å². The summed E-state index contributed by atoms with van der Waals surface area (Å²) >= 11 is 0. The van der Waals surface area contributed by atoms with Crippen molar-refractivity contribution in [3.8, 4) is 0 Å². The van der Waals surface area contributed by atoms with E-state index in [9.17, 15) is 5.11 Å². The van der Waals surface area contributed by atoms with E-state index in [1.54, 1.807) is 0 Å². The molecule has 60 valence electrons. The molecule has 1 fully saturated rings. The fourth-order valence-electron chi connectivity index (χ4n) is 1.40. The summed E-state index contributed by atoms with van der Waals surface area (Å²) < 4.78 is 4.84. The van der Waals surface area contributed by atoms with Gasteiger partial charge < -0.3 is 15.2 Å². The molecule has 0 aromatic heterocycles. The average molecular weight is 145 g/mol. The molecule has 1 aliphatic rings. The number of methoxy groups -OCH3 is 1. The molecule has 0 aromatic carbocycles. The van der Waals surface area contributed by atoms with Crippen LogP contribution in [-0.4, -0.2) is 31.1 Å². The van der Waals surface area contributed by atoms with Gasteiger partial charge in [0.05, 0.1) is 5.54 Å². The Morgan fingerprint density at radius 1 is 1.60 bits per heavy atom. The molecule has 1 aliphatic carbocycles. The first kappa shape index (κ1) is 7.98. The Bertz CT molecular complexity index is 107. The Balaban J connectivity index is 2.46. The number of aliphatic hydroxyl groups is 1. The molecule has 0 radical (unpaired) electrons. The molecule has 0 aliphatic heterocycles. The highest BCUT2D eigenvalue weighted by Crippen LogP contribution is 2.34. The van der Waals surface area contributed by atoms with Crippen LogP contribution in [0.1, 0.15) is 19.3 Å². The van der Waals surface area contributed by atoms with Crippen LogP contribution in [-0.2, 0) is 4.74 Å². The number of ether oxygens (including phenoxy) is 1. The molecule has 2 N–H and O–H groups in total. The molecule has 0 heterocycles. The van der Waals surface area contributed by atoms with E-state index in [2.05, 4.69) is 5.32 Å². The largest absolute Gasteiger partial charge is 0.366 e. The molecule has 0 spiro atoms. The maximum Gasteiger partial charge on any atom is 0.172 e. The van der Waals surface area contributed by atoms with Gasteiger partial charge in [0.2, 0.25) is 0 Å². The molecular weight excluding hydrogens is 130 g/mol. The smallest absolute Gasteiger partial charge is 0.172 e. The summed E-state index contributed by atoms with van der Waals surface area (Å²) in [5.41, 5.74) is -0.144. The lowest BCUT2D eigenvalue weighted by Gasteiger charge is -2.44. The van der Waals surface area contributed by atoms with Gasteiger partial charge in [-0.25, -0.2) is 0 Å². The van der Waals surface area contributed by atoms with Crippen molar-refractivity contribution in [1.29, 1.82) is 0 Å². The van der Waals surface area contributed by atoms with E-state index in [4.69, 9.17) is 4.74 Å². The first-order chi connectivity index (χ1) is 4.75. The monoisotopic (exact) mass is 145 g/mol. The van der Waals surface area contributed by atoms with Crippen LogP contribution in [0.15, 0.2) is 0 Å². The van der Waals surface area contributed by atoms with Gasteiger partial charge in [0, 0.05) is 7.11 Å². The number of likely N-dealkylation sites (N-methyl/N-ethyl adjacent to an activating group) is 1. The van der Waals surface area contributed by atoms with Gasteiger partial charge in [0.25, 0.3) is 0 Å². The van der Waals surface area contributed by atoms with Crippen LogP contribution in [0.25, 0.3) is 0 Å². The van der Waals surface area contributed by atoms with Crippen molar-refractivity contribution >= 4 is 0 Å². The first-order valence-corrected chi connectivity index (χ1v) is 3.65. The standard InChI is InChI=1S/C7H15NO2/c1-8-7(4-3-5-7)6(9)10-2/h6,8-9H,3-5H2,1-2H3. The topological polar surface area (TPSA) is 41.5 Å². The fraction of sp³-hybridized carbons (Fsp3) is 1.00. The second-order valence-electron chi connectivity index (χ2n) is 2.85. The molecule has 1 atom stereocenters. The molecule has 1 saturated carbocycles. The fourth-order valence-corrected chi connectivity index (χ4v) is 1.40. The van der Waals surface area contributed by atoms with Crippen LogP contribution in [0.2, 0.25) is 0 Å². The molecule has 3 nitrogen and oxygen atoms in total. The Kier molecular flexibility index (Phi) is 2.28. The quantitative estimate of drug-likeness (QED) is 0.553. The zero-order chi connectivity index (χ0) is 7.61. The highest BCUT2D eigenvalue weighted by Gasteiger charge is 2.42. The van der Waals surface area contributed by atoms with E-state index in [1.165, 1.54) is 13.5 Å². The van der Waals surface area contributed by atoms with Gasteiger partial charge in [-0.2, -0.15) is 0 Å². The van der Waals surface area contributed by atoms with Crippen molar-refractivity contribution in [2.24, 2.45) is 0 Å². The summed E-state index contributed by atoms with van der Waals surface area (Å²) in [4.78, 5) is 0. The zero-order valence-electron chi connectivity index (χ0n) is 6.55. The summed E-state index contributed by atoms with van der Waals surface area (Å²) in [6.45, 7) is 0. The number of aliphatic hydroxyl groups excluding tert-OH is 1. The molecule has 0 aromatic rings. The van der Waals surface area contributed by atoms with E-state index < -0.39 is 6.29 Å². The molecular formula is C7H15NO2. The third-order valence-electron chi connectivity index (χ3n) is 2.44. The van der Waals surface area contributed by atoms with Crippen molar-refractivity contribution in [3.05, 3.63) is 0 Å². The summed E-state index contributed by atoms with van der Waals surface area (Å²) in [7, 11) is 3.39. The van der Waals surface area contributed by atoms with Gasteiger partial charge in [0.1, 0.15) is 0 Å². The first-order valence-electron chi connectivity index (χ1n) is 3.65. The van der Waals surface area contributed by atoms with Crippen LogP contribution in [0, 0.1) is 0 Å². The van der Waals surface area contributed by atoms with Crippen molar-refractivity contribution in [2.45, 2.75) is 31.1 Å². The van der Waals surface area contributed by atoms with Gasteiger partial charge in [-0.1, -0.05) is 0 Å². The van der Waals surface area contributed by atoms with Crippen molar-refractivity contribution < 1.29 is 9.84 Å². The second-order valence-corrected chi connectivity index (χ2v) is 2.85. The average Bonchev–Trinajstić information content (AvgIpc) is 1.86. The summed E-state index contributed by atoms with van der Waals surface area (Å²) in [5, 5.41) is 12.4. The normalized spacial score (nSPS) is 25.5. The van der Waals surface area contributed by atoms with Crippen molar-refractivity contribution in [3.63, 3.8) is 0 Å². The van der Waals surface area contributed by atoms with E-state index in [0.717, 1.165) is 12.8 Å². The van der Waals surface area contributed by atoms with E-state index in [0.29, 0.717) is 0 Å². The van der Waals surface area contributed by atoms with E-state index in [-0.39, 0.29) is 5.54 Å². The van der Waals surface area contributed by atoms with Crippen LogP contribution in [0.5, 0.6) is 0 Å². The maximum atomic E-state index is 9.34. The highest BCUT2D eigenvalue weighted by atomic mass is 16.6. The van der Waals surface area contributed by atoms with Gasteiger partial charge >= 0.3 is 0 Å². The SMILES string of the molecule is CNC1(C(O)OC)CCC1. The lowest BCUT2D eigenvalue weighted by molar-refractivity contribution is -0.154. The number of nitrogens with one attached hydrogen (secondary N) is 1. The summed E-state index contributed by atoms with van der Waals surface area (Å²) in [6, 6.07) is 0. The van der Waals surface area contributed by atoms with E-state index >= 15 is 0 Å². The maximum absolute atomic E-state index is 9.34. The summed E-state index contributed by atoms with van der Waals surface area (Å²) in [6.07, 6.45) is 2.56. The van der Waals surface area contributed by atoms with Crippen LogP contribution in [0.4, 0.5) is 0 Å². The van der Waals surface area contributed by atoms with Crippen LogP contribution < -0.4 is 5.32 Å². The molecule has 0 saturated heterocycles. The minimum atomic E-state index is -0.647. The molecule has 10 heavy (non-hydrogen) atoms. The zero-order valence-corrected chi connectivity index (χ0v) is 6.55. The summed E-state index contributed by atoms with van der Waals surface area (Å²) in [5.74, 6) is 0. The molecule has 3 heteroatoms. The third kappa shape index (κ3) is 1.05. The lowest BCUT2D eigenvalue weighted by Crippen LogP contribution is -2.58. The Labute approximate surface area is 61.4 Å². The van der Waals surface area contributed by atoms with E-state index in [1.807, 2.05) is 7.05 Å². The van der Waals surface area contributed by atoms with Gasteiger partial charge in [-0.3, -0.25) is 0 Å². The predicted octanol–water partition coefficient (Wildman–Crippen LogP) is 0.0933. The number of hydrogen-bond acceptors (Lipinski definition) is 3. The number of rotatable bonds is 3. The van der Waals surface area contributed by atoms with Gasteiger partial charge in [0.15, 0.2) is 6.29 Å². The lowest BCUT2D eigenvalue weighted by atomic mass is 9.76. The molecule has 0 amide bonds. The Morgan fingerprint density at radius 2 is 2.20 bits per heavy atom. The predicted molar refractivity (Wildman–Crippen MR) is 38.7 cm³/mol. The third-order valence-corrected chi connectivity index (χ3v) is 2.44. The van der Waals surface area contributed by atoms with Gasteiger partial charge in [-0.05, 0) is 26.3 Å². The van der Waals surface area contributed by atoms with Gasteiger partial charge in [-0.15, -0.1) is 0 Å². The van der Waals surface area contributed by atoms with Crippen LogP contribution >= 0.6 is 0 Å². The molecule has 1 unspecified atom stereocenters. The number of hydrogen-bond donors (Lipinski definition) is 2. The molecule has 0 bridgehead atoms. The highest BCUT2D eigenvalue weighted by molar-refractivity contribution is 4.97. The minimum Gasteiger partial charge on any atom is -0.366 e. The van der Waals surface area contributed by atoms with Crippen molar-refractivity contribution in [2.75, 3.05) is 14.2 Å². The minimum absolute atomic E-state index is 0.144. The Hall–Kier alpha value is -0.120. The molecule has 1 rings (SSSR count). The Morgan fingerprint density at radius 3 is 2.30 bits per heavy atom. The van der Waals surface area contributed by atoms with Crippen molar-refractivity contribution in [1.82, 2.24) is 5.32 Å². The second kappa shape index (κ2) is 2.86.